The summed E-state index contributed by atoms with van der Waals surface area (Å²) < 4.78 is 33.5. The van der Waals surface area contributed by atoms with Crippen molar-refractivity contribution in [3.63, 3.8) is 0 Å². The van der Waals surface area contributed by atoms with Gasteiger partial charge in [0.2, 0.25) is 15.9 Å². The van der Waals surface area contributed by atoms with Gasteiger partial charge in [0.05, 0.1) is 27.2 Å². The SMILES string of the molecule is CCOc1ccccc1NC(=O)[C@@H](CCSC)NS(=O)(=O)c1ccc(Cl)c(Cl)c1. The minimum atomic E-state index is -3.98. The Bertz CT molecular complexity index is 955. The van der Waals surface area contributed by atoms with E-state index in [2.05, 4.69) is 10.0 Å². The lowest BCUT2D eigenvalue weighted by Gasteiger charge is -2.19. The smallest absolute Gasteiger partial charge is 0.242 e. The molecule has 0 aliphatic rings. The number of amides is 1. The van der Waals surface area contributed by atoms with Crippen molar-refractivity contribution in [3.05, 3.63) is 52.5 Å². The topological polar surface area (TPSA) is 84.5 Å². The van der Waals surface area contributed by atoms with Crippen molar-refractivity contribution in [2.75, 3.05) is 23.9 Å². The largest absolute Gasteiger partial charge is 0.492 e. The van der Waals surface area contributed by atoms with E-state index in [-0.39, 0.29) is 14.9 Å². The Balaban J connectivity index is 2.24. The first-order chi connectivity index (χ1) is 13.8. The van der Waals surface area contributed by atoms with E-state index in [0.29, 0.717) is 30.2 Å². The predicted molar refractivity (Wildman–Crippen MR) is 120 cm³/mol. The molecule has 0 aliphatic heterocycles. The summed E-state index contributed by atoms with van der Waals surface area (Å²) in [7, 11) is -3.98. The summed E-state index contributed by atoms with van der Waals surface area (Å²) in [6.45, 7) is 2.28. The number of hydrogen-bond donors (Lipinski definition) is 2. The Morgan fingerprint density at radius 2 is 1.90 bits per heavy atom. The van der Waals surface area contributed by atoms with E-state index in [4.69, 9.17) is 27.9 Å². The molecular formula is C19H22Cl2N2O4S2. The fourth-order valence-corrected chi connectivity index (χ4v) is 4.54. The van der Waals surface area contributed by atoms with Crippen LogP contribution >= 0.6 is 35.0 Å². The van der Waals surface area contributed by atoms with Crippen LogP contribution in [0.15, 0.2) is 47.4 Å². The number of halogens is 2. The summed E-state index contributed by atoms with van der Waals surface area (Å²) in [5.41, 5.74) is 0.474. The summed E-state index contributed by atoms with van der Waals surface area (Å²) in [5, 5.41) is 3.11. The average Bonchev–Trinajstić information content (AvgIpc) is 2.68. The first-order valence-corrected chi connectivity index (χ1v) is 12.4. The van der Waals surface area contributed by atoms with Gasteiger partial charge in [0.1, 0.15) is 11.8 Å². The number of hydrogen-bond acceptors (Lipinski definition) is 5. The van der Waals surface area contributed by atoms with Gasteiger partial charge in [-0.15, -0.1) is 0 Å². The van der Waals surface area contributed by atoms with Crippen molar-refractivity contribution < 1.29 is 17.9 Å². The van der Waals surface area contributed by atoms with Gasteiger partial charge in [-0.3, -0.25) is 4.79 Å². The highest BCUT2D eigenvalue weighted by Crippen LogP contribution is 2.26. The van der Waals surface area contributed by atoms with Crippen LogP contribution in [0.3, 0.4) is 0 Å². The van der Waals surface area contributed by atoms with Crippen LogP contribution in [0.2, 0.25) is 10.0 Å². The summed E-state index contributed by atoms with van der Waals surface area (Å²) in [6.07, 6.45) is 2.19. The minimum Gasteiger partial charge on any atom is -0.492 e. The third-order valence-corrected chi connectivity index (χ3v) is 6.72. The van der Waals surface area contributed by atoms with Crippen LogP contribution in [0, 0.1) is 0 Å². The molecule has 2 rings (SSSR count). The Kier molecular flexibility index (Phi) is 9.10. The molecule has 0 saturated carbocycles. The van der Waals surface area contributed by atoms with Crippen molar-refractivity contribution in [1.29, 1.82) is 0 Å². The van der Waals surface area contributed by atoms with Gasteiger partial charge >= 0.3 is 0 Å². The molecule has 29 heavy (non-hydrogen) atoms. The van der Waals surface area contributed by atoms with E-state index in [1.807, 2.05) is 13.2 Å². The van der Waals surface area contributed by atoms with Gasteiger partial charge in [-0.1, -0.05) is 35.3 Å². The number of rotatable bonds is 10. The molecule has 0 radical (unpaired) electrons. The number of nitrogens with one attached hydrogen (secondary N) is 2. The van der Waals surface area contributed by atoms with Crippen LogP contribution < -0.4 is 14.8 Å². The van der Waals surface area contributed by atoms with E-state index in [9.17, 15) is 13.2 Å². The number of thioether (sulfide) groups is 1. The van der Waals surface area contributed by atoms with Gasteiger partial charge in [0.15, 0.2) is 0 Å². The summed E-state index contributed by atoms with van der Waals surface area (Å²) in [6, 6.07) is 9.99. The predicted octanol–water partition coefficient (Wildman–Crippen LogP) is 4.43. The first-order valence-electron chi connectivity index (χ1n) is 8.77. The van der Waals surface area contributed by atoms with E-state index >= 15 is 0 Å². The summed E-state index contributed by atoms with van der Waals surface area (Å²) in [5.74, 6) is 0.629. The molecule has 1 atom stereocenters. The Morgan fingerprint density at radius 3 is 2.55 bits per heavy atom. The molecule has 158 valence electrons. The highest BCUT2D eigenvalue weighted by molar-refractivity contribution is 7.98. The molecule has 6 nitrogen and oxygen atoms in total. The molecule has 1 amide bonds. The molecule has 2 aromatic rings. The fourth-order valence-electron chi connectivity index (χ4n) is 2.45. The maximum absolute atomic E-state index is 12.9. The number of carbonyl (C=O) groups is 1. The van der Waals surface area contributed by atoms with E-state index in [1.165, 1.54) is 30.0 Å². The molecule has 0 unspecified atom stereocenters. The van der Waals surface area contributed by atoms with Gasteiger partial charge < -0.3 is 10.1 Å². The molecule has 0 aliphatic carbocycles. The third-order valence-electron chi connectivity index (χ3n) is 3.87. The Hall–Kier alpha value is -1.45. The standard InChI is InChI=1S/C19H22Cl2N2O4S2/c1-3-27-18-7-5-4-6-16(18)22-19(24)17(10-11-28-2)23-29(25,26)13-8-9-14(20)15(21)12-13/h4-9,12,17,23H,3,10-11H2,1-2H3,(H,22,24)/t17-/m1/s1. The molecule has 10 heteroatoms. The number of benzene rings is 2. The van der Waals surface area contributed by atoms with Crippen LogP contribution in [0.4, 0.5) is 5.69 Å². The number of anilines is 1. The van der Waals surface area contributed by atoms with Gasteiger partial charge in [-0.05, 0) is 55.7 Å². The van der Waals surface area contributed by atoms with E-state index in [0.717, 1.165) is 0 Å². The lowest BCUT2D eigenvalue weighted by atomic mass is 10.2. The van der Waals surface area contributed by atoms with Crippen molar-refractivity contribution in [2.45, 2.75) is 24.3 Å². The van der Waals surface area contributed by atoms with Gasteiger partial charge in [-0.25, -0.2) is 8.42 Å². The number of ether oxygens (including phenoxy) is 1. The van der Waals surface area contributed by atoms with Crippen LogP contribution in [-0.2, 0) is 14.8 Å². The summed E-state index contributed by atoms with van der Waals surface area (Å²) in [4.78, 5) is 12.8. The molecule has 2 N–H and O–H groups in total. The van der Waals surface area contributed by atoms with Crippen LogP contribution in [-0.4, -0.2) is 39.0 Å². The molecule has 0 bridgehead atoms. The van der Waals surface area contributed by atoms with Crippen molar-refractivity contribution in [1.82, 2.24) is 4.72 Å². The Morgan fingerprint density at radius 1 is 1.17 bits per heavy atom. The molecule has 0 fully saturated rings. The van der Waals surface area contributed by atoms with Crippen molar-refractivity contribution >= 4 is 56.6 Å². The van der Waals surface area contributed by atoms with Crippen LogP contribution in [0.1, 0.15) is 13.3 Å². The maximum Gasteiger partial charge on any atom is 0.242 e. The number of sulfonamides is 1. The zero-order chi connectivity index (χ0) is 21.4. The maximum atomic E-state index is 12.9. The fraction of sp³-hybridized carbons (Fsp3) is 0.316. The monoisotopic (exact) mass is 476 g/mol. The average molecular weight is 477 g/mol. The number of para-hydroxylation sites is 2. The van der Waals surface area contributed by atoms with Crippen LogP contribution in [0.25, 0.3) is 0 Å². The van der Waals surface area contributed by atoms with Gasteiger partial charge in [0.25, 0.3) is 0 Å². The normalized spacial score (nSPS) is 12.4. The quantitative estimate of drug-likeness (QED) is 0.529. The minimum absolute atomic E-state index is 0.0661. The van der Waals surface area contributed by atoms with E-state index < -0.39 is 22.0 Å². The second kappa shape index (κ2) is 11.1. The second-order valence-electron chi connectivity index (χ2n) is 5.95. The van der Waals surface area contributed by atoms with E-state index in [1.54, 1.807) is 24.3 Å². The zero-order valence-corrected chi connectivity index (χ0v) is 19.1. The van der Waals surface area contributed by atoms with Gasteiger partial charge in [0, 0.05) is 0 Å². The highest BCUT2D eigenvalue weighted by atomic mass is 35.5. The lowest BCUT2D eigenvalue weighted by Crippen LogP contribution is -2.44. The molecule has 0 saturated heterocycles. The molecule has 2 aromatic carbocycles. The number of carbonyl (C=O) groups excluding carboxylic acids is 1. The molecule has 0 heterocycles. The molecule has 0 spiro atoms. The second-order valence-corrected chi connectivity index (χ2v) is 9.46. The van der Waals surface area contributed by atoms with Crippen molar-refractivity contribution in [2.24, 2.45) is 0 Å². The molecular weight excluding hydrogens is 455 g/mol. The van der Waals surface area contributed by atoms with Gasteiger partial charge in [-0.2, -0.15) is 16.5 Å². The lowest BCUT2D eigenvalue weighted by molar-refractivity contribution is -0.117. The van der Waals surface area contributed by atoms with Crippen LogP contribution in [0.5, 0.6) is 5.75 Å². The molecule has 0 aromatic heterocycles. The highest BCUT2D eigenvalue weighted by Gasteiger charge is 2.26. The van der Waals surface area contributed by atoms with Crippen molar-refractivity contribution in [3.8, 4) is 5.75 Å². The zero-order valence-electron chi connectivity index (χ0n) is 15.9. The third kappa shape index (κ3) is 6.79. The first kappa shape index (κ1) is 23.8. The summed E-state index contributed by atoms with van der Waals surface area (Å²) >= 11 is 13.3. The Labute approximate surface area is 185 Å².